The van der Waals surface area contributed by atoms with Gasteiger partial charge in [0.15, 0.2) is 0 Å². The first kappa shape index (κ1) is 21.0. The highest BCUT2D eigenvalue weighted by atomic mass is 19.1. The number of carbonyl (C=O) groups excluding carboxylic acids is 1. The van der Waals surface area contributed by atoms with Gasteiger partial charge in [-0.3, -0.25) is 4.79 Å². The Kier molecular flexibility index (Phi) is 6.64. The zero-order chi connectivity index (χ0) is 21.0. The number of morpholine rings is 1. The van der Waals surface area contributed by atoms with E-state index in [0.29, 0.717) is 0 Å². The molecule has 2 aromatic rings. The second-order valence-corrected chi connectivity index (χ2v) is 7.49. The number of rotatable bonds is 5. The minimum atomic E-state index is -0.705. The van der Waals surface area contributed by atoms with E-state index in [1.807, 2.05) is 19.1 Å². The summed E-state index contributed by atoms with van der Waals surface area (Å²) in [5.41, 5.74) is 2.23. The van der Waals surface area contributed by atoms with Gasteiger partial charge in [-0.05, 0) is 56.7 Å². The summed E-state index contributed by atoms with van der Waals surface area (Å²) in [5.74, 6) is -1.70. The minimum Gasteiger partial charge on any atom is -0.372 e. The standard InChI is InChI=1S/C23H26F2N2O2/c1-15-13-27(14-16(2)29-15)21-6-4-5-19(11-21)17(3)26-23(28)10-8-18-7-9-20(24)12-22(18)25/h4-12,15-17H,13-14H2,1-3H3,(H,26,28)/t15-,16+,17-/m1/s1. The highest BCUT2D eigenvalue weighted by molar-refractivity contribution is 5.92. The predicted octanol–water partition coefficient (Wildman–Crippen LogP) is 4.47. The van der Waals surface area contributed by atoms with Gasteiger partial charge in [0, 0.05) is 36.5 Å². The van der Waals surface area contributed by atoms with Gasteiger partial charge >= 0.3 is 0 Å². The topological polar surface area (TPSA) is 41.6 Å². The van der Waals surface area contributed by atoms with Crippen molar-refractivity contribution in [2.75, 3.05) is 18.0 Å². The number of benzene rings is 2. The van der Waals surface area contributed by atoms with Crippen molar-refractivity contribution in [2.45, 2.75) is 39.0 Å². The van der Waals surface area contributed by atoms with Gasteiger partial charge in [-0.1, -0.05) is 12.1 Å². The molecule has 2 aromatic carbocycles. The maximum atomic E-state index is 13.7. The van der Waals surface area contributed by atoms with Crippen molar-refractivity contribution in [1.29, 1.82) is 0 Å². The van der Waals surface area contributed by atoms with Crippen LogP contribution in [0.15, 0.2) is 48.5 Å². The van der Waals surface area contributed by atoms with Crippen LogP contribution in [0.25, 0.3) is 6.08 Å². The van der Waals surface area contributed by atoms with E-state index in [0.717, 1.165) is 36.5 Å². The van der Waals surface area contributed by atoms with E-state index in [1.54, 1.807) is 0 Å². The summed E-state index contributed by atoms with van der Waals surface area (Å²) >= 11 is 0. The molecular formula is C23H26F2N2O2. The van der Waals surface area contributed by atoms with Gasteiger partial charge in [0.25, 0.3) is 0 Å². The van der Waals surface area contributed by atoms with E-state index in [-0.39, 0.29) is 29.7 Å². The quantitative estimate of drug-likeness (QED) is 0.753. The van der Waals surface area contributed by atoms with Gasteiger partial charge in [0.2, 0.25) is 5.91 Å². The summed E-state index contributed by atoms with van der Waals surface area (Å²) in [5, 5.41) is 2.88. The molecule has 4 nitrogen and oxygen atoms in total. The van der Waals surface area contributed by atoms with Gasteiger partial charge in [0.1, 0.15) is 11.6 Å². The smallest absolute Gasteiger partial charge is 0.244 e. The fraction of sp³-hybridized carbons (Fsp3) is 0.348. The van der Waals surface area contributed by atoms with Crippen LogP contribution in [0.4, 0.5) is 14.5 Å². The van der Waals surface area contributed by atoms with Gasteiger partial charge in [-0.15, -0.1) is 0 Å². The SMILES string of the molecule is C[C@@H]1CN(c2cccc([C@@H](C)NC(=O)C=Cc3ccc(F)cc3F)c2)C[C@H](C)O1. The van der Waals surface area contributed by atoms with Crippen LogP contribution >= 0.6 is 0 Å². The van der Waals surface area contributed by atoms with E-state index in [9.17, 15) is 13.6 Å². The second-order valence-electron chi connectivity index (χ2n) is 7.49. The van der Waals surface area contributed by atoms with Crippen molar-refractivity contribution in [3.05, 3.63) is 71.3 Å². The van der Waals surface area contributed by atoms with Crippen LogP contribution in [0.3, 0.4) is 0 Å². The molecule has 1 fully saturated rings. The van der Waals surface area contributed by atoms with Crippen LogP contribution in [-0.2, 0) is 9.53 Å². The number of amides is 1. The Bertz CT molecular complexity index is 890. The molecule has 3 rings (SSSR count). The molecule has 0 bridgehead atoms. The Balaban J connectivity index is 1.65. The molecule has 1 saturated heterocycles. The number of nitrogens with zero attached hydrogens (tertiary/aromatic N) is 1. The lowest BCUT2D eigenvalue weighted by Gasteiger charge is -2.37. The summed E-state index contributed by atoms with van der Waals surface area (Å²) in [6.45, 7) is 7.66. The largest absolute Gasteiger partial charge is 0.372 e. The Labute approximate surface area is 170 Å². The van der Waals surface area contributed by atoms with Crippen molar-refractivity contribution in [3.63, 3.8) is 0 Å². The number of carbonyl (C=O) groups is 1. The lowest BCUT2D eigenvalue weighted by Crippen LogP contribution is -2.45. The molecular weight excluding hydrogens is 374 g/mol. The third kappa shape index (κ3) is 5.64. The number of ether oxygens (including phenoxy) is 1. The van der Waals surface area contributed by atoms with Crippen molar-refractivity contribution >= 4 is 17.7 Å². The van der Waals surface area contributed by atoms with Crippen molar-refractivity contribution in [2.24, 2.45) is 0 Å². The van der Waals surface area contributed by atoms with Crippen molar-refractivity contribution in [1.82, 2.24) is 5.32 Å². The summed E-state index contributed by atoms with van der Waals surface area (Å²) in [7, 11) is 0. The van der Waals surface area contributed by atoms with Crippen molar-refractivity contribution < 1.29 is 18.3 Å². The second kappa shape index (κ2) is 9.18. The molecule has 1 amide bonds. The van der Waals surface area contributed by atoms with E-state index in [2.05, 4.69) is 36.2 Å². The number of anilines is 1. The first-order valence-corrected chi connectivity index (χ1v) is 9.76. The molecule has 0 aliphatic carbocycles. The summed E-state index contributed by atoms with van der Waals surface area (Å²) < 4.78 is 32.4. The molecule has 1 aliphatic heterocycles. The lowest BCUT2D eigenvalue weighted by atomic mass is 10.1. The molecule has 1 N–H and O–H groups in total. The molecule has 0 aromatic heterocycles. The van der Waals surface area contributed by atoms with E-state index < -0.39 is 11.6 Å². The maximum Gasteiger partial charge on any atom is 0.244 e. The van der Waals surface area contributed by atoms with Gasteiger partial charge in [0.05, 0.1) is 18.2 Å². The zero-order valence-electron chi connectivity index (χ0n) is 16.9. The van der Waals surface area contributed by atoms with Gasteiger partial charge in [-0.2, -0.15) is 0 Å². The minimum absolute atomic E-state index is 0.159. The van der Waals surface area contributed by atoms with Crippen molar-refractivity contribution in [3.8, 4) is 0 Å². The highest BCUT2D eigenvalue weighted by Gasteiger charge is 2.22. The first-order valence-electron chi connectivity index (χ1n) is 9.76. The molecule has 0 unspecified atom stereocenters. The molecule has 0 saturated carbocycles. The maximum absolute atomic E-state index is 13.7. The zero-order valence-corrected chi connectivity index (χ0v) is 16.9. The molecule has 154 valence electrons. The third-order valence-corrected chi connectivity index (χ3v) is 4.89. The predicted molar refractivity (Wildman–Crippen MR) is 111 cm³/mol. The summed E-state index contributed by atoms with van der Waals surface area (Å²) in [6, 6.07) is 11.1. The summed E-state index contributed by atoms with van der Waals surface area (Å²) in [6.07, 6.45) is 2.92. The molecule has 0 spiro atoms. The molecule has 0 radical (unpaired) electrons. The lowest BCUT2D eigenvalue weighted by molar-refractivity contribution is -0.117. The molecule has 1 aliphatic rings. The number of hydrogen-bond acceptors (Lipinski definition) is 3. The molecule has 1 heterocycles. The highest BCUT2D eigenvalue weighted by Crippen LogP contribution is 2.24. The third-order valence-electron chi connectivity index (χ3n) is 4.89. The fourth-order valence-corrected chi connectivity index (χ4v) is 3.53. The average Bonchev–Trinajstić information content (AvgIpc) is 2.66. The Morgan fingerprint density at radius 2 is 1.90 bits per heavy atom. The molecule has 29 heavy (non-hydrogen) atoms. The molecule has 3 atom stereocenters. The van der Waals surface area contributed by atoms with E-state index >= 15 is 0 Å². The van der Waals surface area contributed by atoms with Gasteiger partial charge < -0.3 is 15.0 Å². The first-order chi connectivity index (χ1) is 13.8. The Morgan fingerprint density at radius 1 is 1.17 bits per heavy atom. The van der Waals surface area contributed by atoms with Crippen LogP contribution in [0.1, 0.15) is 37.9 Å². The van der Waals surface area contributed by atoms with Crippen LogP contribution in [0, 0.1) is 11.6 Å². The Hall–Kier alpha value is -2.73. The van der Waals surface area contributed by atoms with Crippen LogP contribution in [0.2, 0.25) is 0 Å². The fourth-order valence-electron chi connectivity index (χ4n) is 3.53. The number of hydrogen-bond donors (Lipinski definition) is 1. The normalized spacial score (nSPS) is 20.7. The average molecular weight is 400 g/mol. The molecule has 6 heteroatoms. The van der Waals surface area contributed by atoms with Crippen LogP contribution in [0.5, 0.6) is 0 Å². The Morgan fingerprint density at radius 3 is 2.59 bits per heavy atom. The van der Waals surface area contributed by atoms with E-state index in [1.165, 1.54) is 18.2 Å². The van der Waals surface area contributed by atoms with Gasteiger partial charge in [-0.25, -0.2) is 8.78 Å². The number of nitrogens with one attached hydrogen (secondary N) is 1. The van der Waals surface area contributed by atoms with Crippen LogP contribution in [-0.4, -0.2) is 31.2 Å². The van der Waals surface area contributed by atoms with Crippen LogP contribution < -0.4 is 10.2 Å². The summed E-state index contributed by atoms with van der Waals surface area (Å²) in [4.78, 5) is 14.5. The monoisotopic (exact) mass is 400 g/mol. The van der Waals surface area contributed by atoms with E-state index in [4.69, 9.17) is 4.74 Å². The number of halogens is 2.